The van der Waals surface area contributed by atoms with Gasteiger partial charge in [0.2, 0.25) is 0 Å². The molecule has 0 unspecified atom stereocenters. The van der Waals surface area contributed by atoms with Crippen LogP contribution in [0, 0.1) is 0 Å². The smallest absolute Gasteiger partial charge is 0.405 e. The number of hydrogen-bond acceptors (Lipinski definition) is 10. The zero-order chi connectivity index (χ0) is 56.4. The number of hydrogen-bond donors (Lipinski definition) is 0. The number of halogens is 1. The highest BCUT2D eigenvalue weighted by Gasteiger charge is 2.63. The Kier molecular flexibility index (Phi) is 15.1. The molecule has 0 N–H and O–H groups in total. The van der Waals surface area contributed by atoms with Crippen LogP contribution in [0.4, 0.5) is 34.1 Å². The van der Waals surface area contributed by atoms with Crippen molar-refractivity contribution >= 4 is 140 Å². The number of fused-ring (bicyclic) bond motifs is 6. The summed E-state index contributed by atoms with van der Waals surface area (Å²) >= 11 is 7.26. The van der Waals surface area contributed by atoms with E-state index in [1.807, 2.05) is 78.1 Å². The minimum absolute atomic E-state index is 0.358. The van der Waals surface area contributed by atoms with Crippen LogP contribution in [0.25, 0.3) is 40.3 Å². The Morgan fingerprint density at radius 3 is 1.02 bits per heavy atom. The van der Waals surface area contributed by atoms with Gasteiger partial charge in [0.05, 0.1) is 54.4 Å². The number of benzene rings is 8. The van der Waals surface area contributed by atoms with Gasteiger partial charge >= 0.3 is 21.1 Å². The molecular weight excluding hydrogens is 1090 g/mol. The molecule has 0 atom stereocenters. The van der Waals surface area contributed by atoms with Crippen molar-refractivity contribution < 1.29 is 27.9 Å². The minimum Gasteiger partial charge on any atom is -0.405 e. The number of thiophene rings is 2. The Bertz CT molecular complexity index is 3730. The van der Waals surface area contributed by atoms with Gasteiger partial charge in [0.25, 0.3) is 0 Å². The molecule has 13 rings (SSSR count). The molecule has 0 amide bonds. The van der Waals surface area contributed by atoms with E-state index in [9.17, 15) is 0 Å². The molecule has 406 valence electrons. The van der Waals surface area contributed by atoms with Gasteiger partial charge in [-0.3, -0.25) is 0 Å². The first-order chi connectivity index (χ1) is 38.0. The highest BCUT2D eigenvalue weighted by Crippen LogP contribution is 2.48. The lowest BCUT2D eigenvalue weighted by atomic mass is 9.49. The summed E-state index contributed by atoms with van der Waals surface area (Å²) in [6, 6.07) is 68.7. The molecule has 0 aliphatic carbocycles. The van der Waals surface area contributed by atoms with Crippen molar-refractivity contribution in [3.05, 3.63) is 199 Å². The fourth-order valence-electron chi connectivity index (χ4n) is 10.2. The maximum absolute atomic E-state index is 6.28. The Morgan fingerprint density at radius 2 is 0.637 bits per heavy atom. The molecule has 3 fully saturated rings. The van der Waals surface area contributed by atoms with Crippen LogP contribution in [0.1, 0.15) is 83.1 Å². The first-order valence-electron chi connectivity index (χ1n) is 27.5. The predicted molar refractivity (Wildman–Crippen MR) is 344 cm³/mol. The van der Waals surface area contributed by atoms with E-state index in [0.29, 0.717) is 0 Å². The SMILES string of the molecule is Brc1ccc(N(c2ccccc2)c2cccc3c2sc2ccccc23)cc1.CC1(C)OB(B2OC(C)(C)C(C)(C)O2)OC1(C)C.CC1(C)OB(c2ccc(N(c3ccccc3)c3cccc4c3sc3ccccc34)cc2)OC1(C)C. The highest BCUT2D eigenvalue weighted by molar-refractivity contribution is 9.10. The number of nitrogens with zero attached hydrogens (tertiary/aromatic N) is 2. The normalized spacial score (nSPS) is 18.3. The van der Waals surface area contributed by atoms with Crippen molar-refractivity contribution in [3.8, 4) is 0 Å². The monoisotopic (exact) mass is 1160 g/mol. The van der Waals surface area contributed by atoms with Crippen LogP contribution in [0.15, 0.2) is 199 Å². The lowest BCUT2D eigenvalue weighted by molar-refractivity contribution is 0.00578. The largest absolute Gasteiger partial charge is 0.494 e. The summed E-state index contributed by atoms with van der Waals surface area (Å²) in [6.07, 6.45) is 0. The average Bonchev–Trinajstić information content (AvgIpc) is 4.18. The fourth-order valence-corrected chi connectivity index (χ4v) is 12.9. The molecule has 14 heteroatoms. The molecule has 2 aromatic heterocycles. The van der Waals surface area contributed by atoms with E-state index < -0.39 is 14.0 Å². The average molecular weight is 1160 g/mol. The fraction of sp³-hybridized carbons (Fsp3) is 0.273. The Balaban J connectivity index is 0.000000134. The molecule has 80 heavy (non-hydrogen) atoms. The van der Waals surface area contributed by atoms with Crippen LogP contribution in [0.3, 0.4) is 0 Å². The van der Waals surface area contributed by atoms with E-state index in [-0.39, 0.29) is 40.7 Å². The summed E-state index contributed by atoms with van der Waals surface area (Å²) in [5.74, 6) is 0. The van der Waals surface area contributed by atoms with E-state index in [1.54, 1.807) is 0 Å². The Hall–Kier alpha value is -5.77. The van der Waals surface area contributed by atoms with Crippen LogP contribution in [0.2, 0.25) is 0 Å². The second kappa shape index (κ2) is 21.5. The van der Waals surface area contributed by atoms with Gasteiger partial charge in [-0.15, -0.1) is 22.7 Å². The Morgan fingerprint density at radius 1 is 0.325 bits per heavy atom. The topological polar surface area (TPSA) is 61.9 Å². The maximum atomic E-state index is 6.28. The highest BCUT2D eigenvalue weighted by atomic mass is 79.9. The van der Waals surface area contributed by atoms with E-state index in [4.69, 9.17) is 27.9 Å². The molecule has 0 saturated carbocycles. The van der Waals surface area contributed by atoms with Gasteiger partial charge in [0.1, 0.15) is 0 Å². The molecule has 3 aliphatic heterocycles. The first kappa shape index (κ1) is 56.1. The van der Waals surface area contributed by atoms with Gasteiger partial charge in [-0.05, 0) is 173 Å². The minimum atomic E-state index is -0.476. The number of rotatable bonds is 8. The molecule has 3 saturated heterocycles. The molecule has 0 radical (unpaired) electrons. The van der Waals surface area contributed by atoms with Crippen molar-refractivity contribution in [1.29, 1.82) is 0 Å². The summed E-state index contributed by atoms with van der Waals surface area (Å²) in [4.78, 5) is 4.68. The van der Waals surface area contributed by atoms with Gasteiger partial charge in [0, 0.05) is 58.2 Å². The van der Waals surface area contributed by atoms with E-state index in [0.717, 1.165) is 32.7 Å². The standard InChI is InChI=1S/C30H28BNO2S.C24H16BrNS.C12H24B2O4/c1-29(2)30(3,4)34-31(33-29)21-17-19-23(20-18-21)32(22-11-6-5-7-12-22)26-15-10-14-25-24-13-8-9-16-27(24)35-28(25)26;25-17-13-15-19(16-14-17)26(18-7-2-1-3-8-18)22-11-6-10-21-20-9-4-5-12-23(20)27-24(21)22;1-9(2)10(3,4)16-13(15-9)14-17-11(5,6)12(7,8)18-14/h5-20H,1-4H3;1-16H;1-8H3. The van der Waals surface area contributed by atoms with Crippen molar-refractivity contribution in [2.75, 3.05) is 9.80 Å². The van der Waals surface area contributed by atoms with Crippen molar-refractivity contribution in [3.63, 3.8) is 0 Å². The van der Waals surface area contributed by atoms with Crippen molar-refractivity contribution in [2.24, 2.45) is 0 Å². The number of anilines is 6. The van der Waals surface area contributed by atoms with Crippen LogP contribution < -0.4 is 15.3 Å². The molecule has 0 spiro atoms. The third kappa shape index (κ3) is 10.7. The first-order valence-corrected chi connectivity index (χ1v) is 29.9. The number of para-hydroxylation sites is 2. The second-order valence-corrected chi connectivity index (χ2v) is 26.8. The molecule has 5 heterocycles. The van der Waals surface area contributed by atoms with E-state index in [2.05, 4.69) is 248 Å². The molecule has 8 aromatic carbocycles. The second-order valence-electron chi connectivity index (χ2n) is 23.8. The maximum Gasteiger partial charge on any atom is 0.494 e. The van der Waals surface area contributed by atoms with Gasteiger partial charge < -0.3 is 37.7 Å². The zero-order valence-corrected chi connectivity index (χ0v) is 51.0. The van der Waals surface area contributed by atoms with Gasteiger partial charge in [-0.1, -0.05) is 125 Å². The summed E-state index contributed by atoms with van der Waals surface area (Å²) < 4.78 is 42.7. The van der Waals surface area contributed by atoms with Crippen LogP contribution in [0.5, 0.6) is 0 Å². The van der Waals surface area contributed by atoms with Crippen molar-refractivity contribution in [2.45, 2.75) is 117 Å². The molecule has 0 bridgehead atoms. The summed E-state index contributed by atoms with van der Waals surface area (Å²) in [5.41, 5.74) is 5.79. The van der Waals surface area contributed by atoms with Gasteiger partial charge in [-0.25, -0.2) is 0 Å². The van der Waals surface area contributed by atoms with Gasteiger partial charge in [0.15, 0.2) is 0 Å². The molecular formula is C66H68B3BrN2O6S2. The van der Waals surface area contributed by atoms with Gasteiger partial charge in [-0.2, -0.15) is 0 Å². The molecule has 10 aromatic rings. The zero-order valence-electron chi connectivity index (χ0n) is 47.7. The lowest BCUT2D eigenvalue weighted by Gasteiger charge is -2.32. The lowest BCUT2D eigenvalue weighted by Crippen LogP contribution is -2.41. The third-order valence-electron chi connectivity index (χ3n) is 16.8. The van der Waals surface area contributed by atoms with Crippen LogP contribution in [-0.4, -0.2) is 54.7 Å². The quantitative estimate of drug-likeness (QED) is 0.140. The molecule has 8 nitrogen and oxygen atoms in total. The third-order valence-corrected chi connectivity index (χ3v) is 19.8. The Labute approximate surface area is 489 Å². The summed E-state index contributed by atoms with van der Waals surface area (Å²) in [7, 11) is -1.32. The van der Waals surface area contributed by atoms with Crippen LogP contribution >= 0.6 is 38.6 Å². The summed E-state index contributed by atoms with van der Waals surface area (Å²) in [6.45, 7) is 24.6. The van der Waals surface area contributed by atoms with Crippen LogP contribution in [-0.2, 0) is 27.9 Å². The predicted octanol–water partition coefficient (Wildman–Crippen LogP) is 18.4. The van der Waals surface area contributed by atoms with Crippen molar-refractivity contribution in [1.82, 2.24) is 0 Å². The summed E-state index contributed by atoms with van der Waals surface area (Å²) in [5, 5.41) is 5.23. The van der Waals surface area contributed by atoms with E-state index >= 15 is 0 Å². The molecule has 3 aliphatic rings. The van der Waals surface area contributed by atoms with E-state index in [1.165, 1.54) is 51.7 Å².